The van der Waals surface area contributed by atoms with Gasteiger partial charge in [-0.2, -0.15) is 0 Å². The Hall–Kier alpha value is 0.0300. The molecule has 1 unspecified atom stereocenters. The molecule has 0 aliphatic rings. The summed E-state index contributed by atoms with van der Waals surface area (Å²) in [5.74, 6) is 0.274. The minimum Gasteiger partial charge on any atom is -0.492 e. The summed E-state index contributed by atoms with van der Waals surface area (Å²) < 4.78 is 28.4. The van der Waals surface area contributed by atoms with Gasteiger partial charge in [-0.15, -0.1) is 0 Å². The molecule has 0 N–H and O–H groups in total. The average Bonchev–Trinajstić information content (AvgIpc) is 2.27. The minimum absolute atomic E-state index is 0.101. The van der Waals surface area contributed by atoms with Crippen molar-refractivity contribution in [2.24, 2.45) is 5.92 Å². The fourth-order valence-electron chi connectivity index (χ4n) is 1.36. The topological polar surface area (TPSA) is 43.4 Å². The molecular formula is C11H13BrCl2O3S. The van der Waals surface area contributed by atoms with Crippen molar-refractivity contribution in [3.63, 3.8) is 0 Å². The first-order chi connectivity index (χ1) is 8.31. The van der Waals surface area contributed by atoms with Crippen molar-refractivity contribution in [2.45, 2.75) is 13.3 Å². The molecule has 0 aliphatic carbocycles. The number of hydrogen-bond donors (Lipinski definition) is 0. The van der Waals surface area contributed by atoms with Crippen LogP contribution >= 0.6 is 38.2 Å². The van der Waals surface area contributed by atoms with E-state index >= 15 is 0 Å². The van der Waals surface area contributed by atoms with Crippen LogP contribution in [0, 0.1) is 5.92 Å². The van der Waals surface area contributed by atoms with E-state index in [-0.39, 0.29) is 18.3 Å². The van der Waals surface area contributed by atoms with Crippen LogP contribution in [0.5, 0.6) is 5.75 Å². The van der Waals surface area contributed by atoms with Crippen molar-refractivity contribution in [3.05, 3.63) is 27.7 Å². The Morgan fingerprint density at radius 3 is 2.67 bits per heavy atom. The molecule has 0 heterocycles. The van der Waals surface area contributed by atoms with E-state index in [9.17, 15) is 8.42 Å². The van der Waals surface area contributed by atoms with Gasteiger partial charge in [-0.05, 0) is 24.6 Å². The molecule has 18 heavy (non-hydrogen) atoms. The van der Waals surface area contributed by atoms with Crippen LogP contribution in [0.2, 0.25) is 5.02 Å². The van der Waals surface area contributed by atoms with Crippen LogP contribution in [0.4, 0.5) is 0 Å². The van der Waals surface area contributed by atoms with E-state index in [4.69, 9.17) is 27.0 Å². The highest BCUT2D eigenvalue weighted by atomic mass is 79.9. The van der Waals surface area contributed by atoms with Crippen molar-refractivity contribution in [1.29, 1.82) is 0 Å². The Bertz CT molecular complexity index is 505. The lowest BCUT2D eigenvalue weighted by Gasteiger charge is -2.15. The van der Waals surface area contributed by atoms with Crippen LogP contribution in [0.25, 0.3) is 0 Å². The van der Waals surface area contributed by atoms with Gasteiger partial charge < -0.3 is 4.74 Å². The number of hydrogen-bond acceptors (Lipinski definition) is 3. The van der Waals surface area contributed by atoms with E-state index in [1.54, 1.807) is 18.2 Å². The number of benzene rings is 1. The van der Waals surface area contributed by atoms with Crippen LogP contribution < -0.4 is 4.74 Å². The first kappa shape index (κ1) is 16.1. The molecule has 1 aromatic carbocycles. The standard InChI is InChI=1S/C11H13BrCl2O3S/c1-2-8(7-18(14,15)16)6-17-11-5-9(12)3-4-10(11)13/h3-5,8H,2,6-7H2,1H3. The molecule has 7 heteroatoms. The largest absolute Gasteiger partial charge is 0.492 e. The number of ether oxygens (including phenoxy) is 1. The molecule has 102 valence electrons. The van der Waals surface area contributed by atoms with E-state index in [0.717, 1.165) is 4.47 Å². The van der Waals surface area contributed by atoms with E-state index in [1.165, 1.54) is 0 Å². The molecule has 0 saturated heterocycles. The van der Waals surface area contributed by atoms with Gasteiger partial charge in [-0.3, -0.25) is 0 Å². The molecule has 0 aromatic heterocycles. The number of halogens is 3. The first-order valence-electron chi connectivity index (χ1n) is 5.32. The Morgan fingerprint density at radius 1 is 1.44 bits per heavy atom. The predicted octanol–water partition coefficient (Wildman–Crippen LogP) is 4.08. The van der Waals surface area contributed by atoms with Crippen molar-refractivity contribution in [3.8, 4) is 5.75 Å². The van der Waals surface area contributed by atoms with Crippen LogP contribution in [0.1, 0.15) is 13.3 Å². The smallest absolute Gasteiger partial charge is 0.232 e. The summed E-state index contributed by atoms with van der Waals surface area (Å²) in [6.07, 6.45) is 0.664. The molecule has 0 radical (unpaired) electrons. The van der Waals surface area contributed by atoms with Crippen LogP contribution in [-0.4, -0.2) is 20.8 Å². The highest BCUT2D eigenvalue weighted by molar-refractivity contribution is 9.10. The van der Waals surface area contributed by atoms with Gasteiger partial charge in [0.25, 0.3) is 0 Å². The second-order valence-corrected chi connectivity index (χ2v) is 8.01. The average molecular weight is 376 g/mol. The van der Waals surface area contributed by atoms with E-state index < -0.39 is 9.05 Å². The lowest BCUT2D eigenvalue weighted by atomic mass is 10.1. The van der Waals surface area contributed by atoms with Gasteiger partial charge in [-0.1, -0.05) is 34.5 Å². The fraction of sp³-hybridized carbons (Fsp3) is 0.455. The van der Waals surface area contributed by atoms with Gasteiger partial charge in [0.1, 0.15) is 5.75 Å². The molecule has 1 rings (SSSR count). The molecule has 0 bridgehead atoms. The van der Waals surface area contributed by atoms with E-state index in [2.05, 4.69) is 15.9 Å². The van der Waals surface area contributed by atoms with Crippen molar-refractivity contribution in [1.82, 2.24) is 0 Å². The van der Waals surface area contributed by atoms with Gasteiger partial charge in [-0.25, -0.2) is 8.42 Å². The Labute approximate surface area is 125 Å². The lowest BCUT2D eigenvalue weighted by molar-refractivity contribution is 0.258. The number of rotatable bonds is 6. The molecule has 0 saturated carbocycles. The summed E-state index contributed by atoms with van der Waals surface area (Å²) >= 11 is 9.28. The van der Waals surface area contributed by atoms with Crippen LogP contribution in [0.3, 0.4) is 0 Å². The summed E-state index contributed by atoms with van der Waals surface area (Å²) in [6, 6.07) is 5.25. The molecule has 3 nitrogen and oxygen atoms in total. The van der Waals surface area contributed by atoms with Crippen molar-refractivity contribution < 1.29 is 13.2 Å². The first-order valence-corrected chi connectivity index (χ1v) is 8.97. The van der Waals surface area contributed by atoms with E-state index in [0.29, 0.717) is 17.2 Å². The highest BCUT2D eigenvalue weighted by Crippen LogP contribution is 2.28. The zero-order chi connectivity index (χ0) is 13.8. The van der Waals surface area contributed by atoms with Gasteiger partial charge in [0, 0.05) is 21.1 Å². The summed E-state index contributed by atoms with van der Waals surface area (Å²) in [5.41, 5.74) is 0. The summed E-state index contributed by atoms with van der Waals surface area (Å²) in [4.78, 5) is 0. The summed E-state index contributed by atoms with van der Waals surface area (Å²) in [6.45, 7) is 2.15. The molecular weight excluding hydrogens is 363 g/mol. The van der Waals surface area contributed by atoms with Crippen molar-refractivity contribution in [2.75, 3.05) is 12.4 Å². The predicted molar refractivity (Wildman–Crippen MR) is 78.1 cm³/mol. The van der Waals surface area contributed by atoms with Gasteiger partial charge in [0.05, 0.1) is 17.4 Å². The monoisotopic (exact) mass is 374 g/mol. The second kappa shape index (κ2) is 6.98. The maximum absolute atomic E-state index is 11.0. The van der Waals surface area contributed by atoms with Gasteiger partial charge in [0.15, 0.2) is 0 Å². The third kappa shape index (κ3) is 5.78. The van der Waals surface area contributed by atoms with Crippen LogP contribution in [-0.2, 0) is 9.05 Å². The highest BCUT2D eigenvalue weighted by Gasteiger charge is 2.16. The lowest BCUT2D eigenvalue weighted by Crippen LogP contribution is -2.19. The third-order valence-electron chi connectivity index (χ3n) is 2.38. The van der Waals surface area contributed by atoms with Gasteiger partial charge >= 0.3 is 0 Å². The molecule has 0 fully saturated rings. The second-order valence-electron chi connectivity index (χ2n) is 3.87. The molecule has 1 atom stereocenters. The minimum atomic E-state index is -3.51. The normalized spacial score (nSPS) is 13.3. The molecule has 1 aromatic rings. The Kier molecular flexibility index (Phi) is 6.24. The summed E-state index contributed by atoms with van der Waals surface area (Å²) in [7, 11) is 1.72. The quantitative estimate of drug-likeness (QED) is 0.703. The molecule has 0 aliphatic heterocycles. The Morgan fingerprint density at radius 2 is 2.11 bits per heavy atom. The zero-order valence-corrected chi connectivity index (χ0v) is 13.6. The summed E-state index contributed by atoms with van der Waals surface area (Å²) in [5, 5.41) is 0.488. The maximum Gasteiger partial charge on any atom is 0.232 e. The molecule has 0 spiro atoms. The van der Waals surface area contributed by atoms with E-state index in [1.807, 2.05) is 6.92 Å². The maximum atomic E-state index is 11.0. The fourth-order valence-corrected chi connectivity index (χ4v) is 3.30. The van der Waals surface area contributed by atoms with Crippen LogP contribution in [0.15, 0.2) is 22.7 Å². The van der Waals surface area contributed by atoms with Crippen molar-refractivity contribution >= 4 is 47.3 Å². The Balaban J connectivity index is 2.65. The SMILES string of the molecule is CCC(COc1cc(Br)ccc1Cl)CS(=O)(=O)Cl. The van der Waals surface area contributed by atoms with Gasteiger partial charge in [0.2, 0.25) is 9.05 Å². The molecule has 0 amide bonds. The zero-order valence-electron chi connectivity index (χ0n) is 9.70. The third-order valence-corrected chi connectivity index (χ3v) is 4.43.